The van der Waals surface area contributed by atoms with Gasteiger partial charge >= 0.3 is 0 Å². The van der Waals surface area contributed by atoms with Gasteiger partial charge in [-0.15, -0.1) is 0 Å². The van der Waals surface area contributed by atoms with Gasteiger partial charge in [-0.25, -0.2) is 9.67 Å². The van der Waals surface area contributed by atoms with E-state index in [1.807, 2.05) is 54.0 Å². The second-order valence-corrected chi connectivity index (χ2v) is 7.17. The average molecular weight is 361 g/mol. The van der Waals surface area contributed by atoms with Crippen LogP contribution in [0.2, 0.25) is 0 Å². The van der Waals surface area contributed by atoms with Crippen molar-refractivity contribution in [1.82, 2.24) is 14.8 Å². The third-order valence-electron chi connectivity index (χ3n) is 4.82. The number of hydrogen-bond donors (Lipinski definition) is 1. The number of hydrogen-bond acceptors (Lipinski definition) is 4. The second kappa shape index (κ2) is 6.87. The number of amides is 1. The van der Waals surface area contributed by atoms with E-state index in [0.29, 0.717) is 17.2 Å². The van der Waals surface area contributed by atoms with Crippen LogP contribution in [0.3, 0.4) is 0 Å². The highest BCUT2D eigenvalue weighted by Crippen LogP contribution is 2.42. The lowest BCUT2D eigenvalue weighted by Gasteiger charge is -2.13. The van der Waals surface area contributed by atoms with Gasteiger partial charge in [-0.05, 0) is 43.5 Å². The summed E-state index contributed by atoms with van der Waals surface area (Å²) in [5.74, 6) is 1.09. The third-order valence-corrected chi connectivity index (χ3v) is 4.82. The van der Waals surface area contributed by atoms with Gasteiger partial charge in [-0.1, -0.05) is 18.2 Å². The molecule has 0 atom stereocenters. The van der Waals surface area contributed by atoms with E-state index in [1.54, 1.807) is 12.4 Å². The number of pyridine rings is 1. The molecule has 1 N–H and O–H groups in total. The summed E-state index contributed by atoms with van der Waals surface area (Å²) in [6, 6.07) is 11.9. The minimum Gasteiger partial charge on any atom is -0.363 e. The van der Waals surface area contributed by atoms with Crippen LogP contribution in [-0.4, -0.2) is 34.8 Å². The van der Waals surface area contributed by atoms with Crippen LogP contribution in [-0.2, 0) is 0 Å². The molecular formula is C21H23N5O. The Morgan fingerprint density at radius 3 is 2.56 bits per heavy atom. The molecule has 1 aliphatic rings. The Kier molecular flexibility index (Phi) is 4.39. The maximum atomic E-state index is 12.9. The van der Waals surface area contributed by atoms with Gasteiger partial charge in [-0.3, -0.25) is 4.79 Å². The molecule has 1 amide bonds. The molecule has 4 rings (SSSR count). The number of para-hydroxylation sites is 1. The molecule has 0 aliphatic heterocycles. The lowest BCUT2D eigenvalue weighted by atomic mass is 10.1. The smallest absolute Gasteiger partial charge is 0.259 e. The number of nitrogens with one attached hydrogen (secondary N) is 1. The predicted octanol–water partition coefficient (Wildman–Crippen LogP) is 3.77. The zero-order chi connectivity index (χ0) is 19.0. The van der Waals surface area contributed by atoms with Crippen LogP contribution in [0.4, 0.5) is 11.5 Å². The summed E-state index contributed by atoms with van der Waals surface area (Å²) in [5, 5.41) is 7.50. The van der Waals surface area contributed by atoms with Gasteiger partial charge in [0.15, 0.2) is 0 Å². The first-order valence-electron chi connectivity index (χ1n) is 9.13. The minimum atomic E-state index is -0.142. The van der Waals surface area contributed by atoms with Crippen molar-refractivity contribution in [3.05, 3.63) is 65.6 Å². The second-order valence-electron chi connectivity index (χ2n) is 7.17. The van der Waals surface area contributed by atoms with Gasteiger partial charge in [0, 0.05) is 20.0 Å². The van der Waals surface area contributed by atoms with E-state index in [4.69, 9.17) is 0 Å². The molecular weight excluding hydrogens is 338 g/mol. The first-order chi connectivity index (χ1) is 13.0. The summed E-state index contributed by atoms with van der Waals surface area (Å²) in [6.45, 7) is 2.06. The molecule has 0 saturated heterocycles. The molecule has 1 aromatic carbocycles. The highest BCUT2D eigenvalue weighted by Gasteiger charge is 2.33. The molecule has 1 saturated carbocycles. The summed E-state index contributed by atoms with van der Waals surface area (Å²) in [5.41, 5.74) is 4.47. The summed E-state index contributed by atoms with van der Waals surface area (Å²) in [4.78, 5) is 19.2. The van der Waals surface area contributed by atoms with Gasteiger partial charge in [0.1, 0.15) is 5.82 Å². The van der Waals surface area contributed by atoms with E-state index >= 15 is 0 Å². The number of carbonyl (C=O) groups is 1. The van der Waals surface area contributed by atoms with Crippen molar-refractivity contribution in [1.29, 1.82) is 0 Å². The SMILES string of the molecule is Cc1ccccc1-n1ncc(C(=O)Nc2ccc(N(C)C)nc2)c1C1CC1. The maximum absolute atomic E-state index is 12.9. The highest BCUT2D eigenvalue weighted by atomic mass is 16.1. The van der Waals surface area contributed by atoms with Crippen LogP contribution in [0.25, 0.3) is 5.69 Å². The number of rotatable bonds is 5. The Balaban J connectivity index is 1.64. The van der Waals surface area contributed by atoms with E-state index in [1.165, 1.54) is 0 Å². The fourth-order valence-electron chi connectivity index (χ4n) is 3.20. The van der Waals surface area contributed by atoms with Crippen molar-refractivity contribution in [3.63, 3.8) is 0 Å². The largest absolute Gasteiger partial charge is 0.363 e. The number of nitrogens with zero attached hydrogens (tertiary/aromatic N) is 4. The molecule has 0 spiro atoms. The van der Waals surface area contributed by atoms with Gasteiger partial charge < -0.3 is 10.2 Å². The Morgan fingerprint density at radius 1 is 1.15 bits per heavy atom. The molecule has 1 aliphatic carbocycles. The lowest BCUT2D eigenvalue weighted by molar-refractivity contribution is 0.102. The van der Waals surface area contributed by atoms with Crippen LogP contribution in [0.5, 0.6) is 0 Å². The maximum Gasteiger partial charge on any atom is 0.259 e. The topological polar surface area (TPSA) is 63.1 Å². The molecule has 3 aromatic rings. The van der Waals surface area contributed by atoms with Crippen LogP contribution < -0.4 is 10.2 Å². The summed E-state index contributed by atoms with van der Waals surface area (Å²) < 4.78 is 1.93. The van der Waals surface area contributed by atoms with E-state index in [9.17, 15) is 4.79 Å². The quantitative estimate of drug-likeness (QED) is 0.751. The van der Waals surface area contributed by atoms with Crippen molar-refractivity contribution >= 4 is 17.4 Å². The molecule has 138 valence electrons. The Labute approximate surface area is 158 Å². The van der Waals surface area contributed by atoms with E-state index in [-0.39, 0.29) is 5.91 Å². The number of aryl methyl sites for hydroxylation is 1. The minimum absolute atomic E-state index is 0.142. The van der Waals surface area contributed by atoms with Crippen molar-refractivity contribution in [2.45, 2.75) is 25.7 Å². The van der Waals surface area contributed by atoms with E-state index in [0.717, 1.165) is 35.6 Å². The number of benzene rings is 1. The molecule has 1 fully saturated rings. The fraction of sp³-hybridized carbons (Fsp3) is 0.286. The molecule has 0 radical (unpaired) electrons. The summed E-state index contributed by atoms with van der Waals surface area (Å²) >= 11 is 0. The van der Waals surface area contributed by atoms with Crippen molar-refractivity contribution in [2.75, 3.05) is 24.3 Å². The molecule has 6 nitrogen and oxygen atoms in total. The number of anilines is 2. The van der Waals surface area contributed by atoms with Crippen LogP contribution >= 0.6 is 0 Å². The summed E-state index contributed by atoms with van der Waals surface area (Å²) in [6.07, 6.45) is 5.54. The molecule has 6 heteroatoms. The Morgan fingerprint density at radius 2 is 1.93 bits per heavy atom. The van der Waals surface area contributed by atoms with Gasteiger partial charge in [0.05, 0.1) is 35.0 Å². The van der Waals surface area contributed by atoms with Crippen LogP contribution in [0.1, 0.15) is 40.4 Å². The van der Waals surface area contributed by atoms with Crippen LogP contribution in [0.15, 0.2) is 48.8 Å². The highest BCUT2D eigenvalue weighted by molar-refractivity contribution is 6.05. The zero-order valence-electron chi connectivity index (χ0n) is 15.8. The lowest BCUT2D eigenvalue weighted by Crippen LogP contribution is -2.15. The fourth-order valence-corrected chi connectivity index (χ4v) is 3.20. The number of aromatic nitrogens is 3. The third kappa shape index (κ3) is 3.43. The Bertz CT molecular complexity index is 970. The Hall–Kier alpha value is -3.15. The molecule has 27 heavy (non-hydrogen) atoms. The molecule has 0 bridgehead atoms. The first-order valence-corrected chi connectivity index (χ1v) is 9.13. The monoisotopic (exact) mass is 361 g/mol. The van der Waals surface area contributed by atoms with Gasteiger partial charge in [-0.2, -0.15) is 5.10 Å². The summed E-state index contributed by atoms with van der Waals surface area (Å²) in [7, 11) is 3.87. The van der Waals surface area contributed by atoms with Crippen LogP contribution in [0, 0.1) is 6.92 Å². The first kappa shape index (κ1) is 17.3. The zero-order valence-corrected chi connectivity index (χ0v) is 15.8. The predicted molar refractivity (Wildman–Crippen MR) is 107 cm³/mol. The molecule has 0 unspecified atom stereocenters. The van der Waals surface area contributed by atoms with Crippen molar-refractivity contribution < 1.29 is 4.79 Å². The molecule has 2 aromatic heterocycles. The van der Waals surface area contributed by atoms with E-state index in [2.05, 4.69) is 28.4 Å². The van der Waals surface area contributed by atoms with E-state index < -0.39 is 0 Å². The van der Waals surface area contributed by atoms with Crippen molar-refractivity contribution in [3.8, 4) is 5.69 Å². The standard InChI is InChI=1S/C21H23N5O/c1-14-6-4-5-7-18(14)26-20(15-8-9-15)17(13-23-26)21(27)24-16-10-11-19(22-12-16)25(2)3/h4-7,10-13,15H,8-9H2,1-3H3,(H,24,27). The van der Waals surface area contributed by atoms with Gasteiger partial charge in [0.2, 0.25) is 0 Å². The average Bonchev–Trinajstić information content (AvgIpc) is 3.41. The van der Waals surface area contributed by atoms with Gasteiger partial charge in [0.25, 0.3) is 5.91 Å². The molecule has 2 heterocycles. The normalized spacial score (nSPS) is 13.4. The van der Waals surface area contributed by atoms with Crippen molar-refractivity contribution in [2.24, 2.45) is 0 Å². The number of carbonyl (C=O) groups excluding carboxylic acids is 1.